The summed E-state index contributed by atoms with van der Waals surface area (Å²) in [6.45, 7) is 3.44. The number of benzene rings is 2. The molecular weight excluding hydrogens is 362 g/mol. The second-order valence-corrected chi connectivity index (χ2v) is 7.24. The summed E-state index contributed by atoms with van der Waals surface area (Å²) in [5.41, 5.74) is 1.56. The van der Waals surface area contributed by atoms with E-state index < -0.39 is 12.1 Å². The van der Waals surface area contributed by atoms with Crippen molar-refractivity contribution in [2.75, 3.05) is 5.32 Å². The molecule has 0 saturated heterocycles. The number of nitrogens with zero attached hydrogens (tertiary/aromatic N) is 2. The fourth-order valence-corrected chi connectivity index (χ4v) is 3.74. The fourth-order valence-electron chi connectivity index (χ4n) is 2.85. The minimum Gasteiger partial charge on any atom is -0.448 e. The summed E-state index contributed by atoms with van der Waals surface area (Å²) in [6, 6.07) is 13.4. The maximum atomic E-state index is 12.5. The van der Waals surface area contributed by atoms with E-state index in [0.717, 1.165) is 16.5 Å². The largest absolute Gasteiger partial charge is 0.448 e. The van der Waals surface area contributed by atoms with E-state index in [-0.39, 0.29) is 5.91 Å². The molecule has 27 heavy (non-hydrogen) atoms. The Morgan fingerprint density at radius 3 is 2.74 bits per heavy atom. The number of hydrogen-bond acceptors (Lipinski definition) is 5. The van der Waals surface area contributed by atoms with Crippen LogP contribution < -0.4 is 5.32 Å². The van der Waals surface area contributed by atoms with E-state index in [1.807, 2.05) is 55.6 Å². The van der Waals surface area contributed by atoms with Crippen LogP contribution in [0.2, 0.25) is 0 Å². The predicted molar refractivity (Wildman–Crippen MR) is 105 cm³/mol. The van der Waals surface area contributed by atoms with Crippen molar-refractivity contribution in [3.63, 3.8) is 0 Å². The van der Waals surface area contributed by atoms with Gasteiger partial charge >= 0.3 is 5.97 Å². The Hall–Kier alpha value is -3.19. The zero-order chi connectivity index (χ0) is 19.0. The number of aromatic nitrogens is 2. The number of nitrogens with one attached hydrogen (secondary N) is 1. The Labute approximate surface area is 159 Å². The molecule has 1 amide bonds. The number of carbonyl (C=O) groups is 2. The first-order valence-corrected chi connectivity index (χ1v) is 9.27. The van der Waals surface area contributed by atoms with Crippen molar-refractivity contribution in [3.8, 4) is 0 Å². The van der Waals surface area contributed by atoms with Crippen molar-refractivity contribution in [2.24, 2.45) is 0 Å². The van der Waals surface area contributed by atoms with Crippen molar-refractivity contribution < 1.29 is 14.3 Å². The molecule has 2 heterocycles. The average Bonchev–Trinajstić information content (AvgIpc) is 3.19. The van der Waals surface area contributed by atoms with Gasteiger partial charge in [0.25, 0.3) is 5.91 Å². The van der Waals surface area contributed by atoms with Crippen LogP contribution in [0.3, 0.4) is 0 Å². The van der Waals surface area contributed by atoms with Crippen LogP contribution >= 0.6 is 11.3 Å². The Bertz CT molecular complexity index is 1120. The SMILES string of the molecule is Cc1cn2cc(C(=O)OC(C)C(=O)Nc3cccc4ccccc34)sc2n1. The molecule has 4 aromatic rings. The summed E-state index contributed by atoms with van der Waals surface area (Å²) in [6.07, 6.45) is 2.57. The van der Waals surface area contributed by atoms with Crippen molar-refractivity contribution in [3.05, 3.63) is 65.4 Å². The van der Waals surface area contributed by atoms with Gasteiger partial charge in [0, 0.05) is 23.5 Å². The van der Waals surface area contributed by atoms with Gasteiger partial charge in [-0.15, -0.1) is 0 Å². The number of aryl methyl sites for hydroxylation is 1. The van der Waals surface area contributed by atoms with Crippen molar-refractivity contribution >= 4 is 44.6 Å². The lowest BCUT2D eigenvalue weighted by Crippen LogP contribution is -2.29. The minimum absolute atomic E-state index is 0.378. The van der Waals surface area contributed by atoms with Gasteiger partial charge in [0.2, 0.25) is 0 Å². The van der Waals surface area contributed by atoms with Crippen LogP contribution in [0.15, 0.2) is 54.9 Å². The highest BCUT2D eigenvalue weighted by molar-refractivity contribution is 7.18. The van der Waals surface area contributed by atoms with Gasteiger partial charge in [-0.05, 0) is 25.3 Å². The van der Waals surface area contributed by atoms with Gasteiger partial charge in [0.1, 0.15) is 4.88 Å². The zero-order valence-corrected chi connectivity index (χ0v) is 15.6. The molecule has 1 N–H and O–H groups in total. The van der Waals surface area contributed by atoms with E-state index in [9.17, 15) is 9.59 Å². The number of esters is 1. The quantitative estimate of drug-likeness (QED) is 0.543. The molecule has 0 aliphatic heterocycles. The van der Waals surface area contributed by atoms with Crippen molar-refractivity contribution in [1.29, 1.82) is 0 Å². The molecule has 136 valence electrons. The van der Waals surface area contributed by atoms with Crippen molar-refractivity contribution in [1.82, 2.24) is 9.38 Å². The summed E-state index contributed by atoms with van der Waals surface area (Å²) in [5.74, 6) is -0.916. The van der Waals surface area contributed by atoms with Crippen molar-refractivity contribution in [2.45, 2.75) is 20.0 Å². The van der Waals surface area contributed by atoms with Crippen LogP contribution in [0, 0.1) is 6.92 Å². The molecule has 0 bridgehead atoms. The number of amides is 1. The van der Waals surface area contributed by atoms with Gasteiger partial charge < -0.3 is 10.1 Å². The number of imidazole rings is 1. The molecule has 0 spiro atoms. The maximum Gasteiger partial charge on any atom is 0.350 e. The third kappa shape index (κ3) is 3.41. The lowest BCUT2D eigenvalue weighted by atomic mass is 10.1. The molecule has 6 nitrogen and oxygen atoms in total. The van der Waals surface area contributed by atoms with Crippen LogP contribution in [-0.4, -0.2) is 27.4 Å². The normalized spacial score (nSPS) is 12.2. The molecule has 1 unspecified atom stereocenters. The topological polar surface area (TPSA) is 72.7 Å². The highest BCUT2D eigenvalue weighted by Crippen LogP contribution is 2.23. The Kier molecular flexibility index (Phi) is 4.37. The molecule has 1 atom stereocenters. The maximum absolute atomic E-state index is 12.5. The summed E-state index contributed by atoms with van der Waals surface area (Å²) in [5, 5.41) is 4.80. The van der Waals surface area contributed by atoms with Crippen LogP contribution in [0.25, 0.3) is 15.7 Å². The Balaban J connectivity index is 1.46. The highest BCUT2D eigenvalue weighted by atomic mass is 32.1. The first kappa shape index (κ1) is 17.2. The standard InChI is InChI=1S/C20H17N3O3S/c1-12-10-23-11-17(27-20(23)21-12)19(25)26-13(2)18(24)22-16-9-5-7-14-6-3-4-8-15(14)16/h3-11,13H,1-2H3,(H,22,24). The number of thiazole rings is 1. The summed E-state index contributed by atoms with van der Waals surface area (Å²) < 4.78 is 7.11. The van der Waals surface area contributed by atoms with Crippen LogP contribution in [0.5, 0.6) is 0 Å². The van der Waals surface area contributed by atoms with E-state index in [1.165, 1.54) is 11.3 Å². The number of carbonyl (C=O) groups excluding carboxylic acids is 2. The molecule has 0 aliphatic carbocycles. The third-order valence-corrected chi connectivity index (χ3v) is 5.15. The number of fused-ring (bicyclic) bond motifs is 2. The molecule has 4 rings (SSSR count). The monoisotopic (exact) mass is 379 g/mol. The van der Waals surface area contributed by atoms with Gasteiger partial charge in [0.15, 0.2) is 11.1 Å². The van der Waals surface area contributed by atoms with E-state index in [0.29, 0.717) is 15.5 Å². The first-order chi connectivity index (χ1) is 13.0. The second kappa shape index (κ2) is 6.85. The van der Waals surface area contributed by atoms with E-state index in [2.05, 4.69) is 10.3 Å². The van der Waals surface area contributed by atoms with Gasteiger partial charge in [-0.1, -0.05) is 47.7 Å². The Morgan fingerprint density at radius 2 is 1.93 bits per heavy atom. The van der Waals surface area contributed by atoms with Crippen LogP contribution in [-0.2, 0) is 9.53 Å². The van der Waals surface area contributed by atoms with Crippen LogP contribution in [0.1, 0.15) is 22.3 Å². The van der Waals surface area contributed by atoms with E-state index >= 15 is 0 Å². The average molecular weight is 379 g/mol. The molecule has 2 aromatic carbocycles. The minimum atomic E-state index is -0.923. The zero-order valence-electron chi connectivity index (χ0n) is 14.8. The highest BCUT2D eigenvalue weighted by Gasteiger charge is 2.21. The number of anilines is 1. The first-order valence-electron chi connectivity index (χ1n) is 8.46. The van der Waals surface area contributed by atoms with E-state index in [4.69, 9.17) is 4.74 Å². The molecular formula is C20H17N3O3S. The van der Waals surface area contributed by atoms with Gasteiger partial charge in [0.05, 0.1) is 5.69 Å². The Morgan fingerprint density at radius 1 is 1.15 bits per heavy atom. The molecule has 7 heteroatoms. The molecule has 0 saturated carbocycles. The van der Waals surface area contributed by atoms with Gasteiger partial charge in [-0.3, -0.25) is 9.20 Å². The predicted octanol–water partition coefficient (Wildman–Crippen LogP) is 4.04. The smallest absolute Gasteiger partial charge is 0.350 e. The van der Waals surface area contributed by atoms with E-state index in [1.54, 1.807) is 17.5 Å². The third-order valence-electron chi connectivity index (χ3n) is 4.18. The number of rotatable bonds is 4. The summed E-state index contributed by atoms with van der Waals surface area (Å²) >= 11 is 1.23. The molecule has 0 fully saturated rings. The van der Waals surface area contributed by atoms with Crippen LogP contribution in [0.4, 0.5) is 5.69 Å². The molecule has 0 radical (unpaired) electrons. The fraction of sp³-hybridized carbons (Fsp3) is 0.150. The summed E-state index contributed by atoms with van der Waals surface area (Å²) in [7, 11) is 0. The molecule has 2 aromatic heterocycles. The van der Waals surface area contributed by atoms with Gasteiger partial charge in [-0.25, -0.2) is 9.78 Å². The van der Waals surface area contributed by atoms with Gasteiger partial charge in [-0.2, -0.15) is 0 Å². The second-order valence-electron chi connectivity index (χ2n) is 6.23. The lowest BCUT2D eigenvalue weighted by Gasteiger charge is -2.14. The lowest BCUT2D eigenvalue weighted by molar-refractivity contribution is -0.123. The number of ether oxygens (including phenoxy) is 1. The summed E-state index contributed by atoms with van der Waals surface area (Å²) in [4.78, 5) is 30.3. The number of hydrogen-bond donors (Lipinski definition) is 1. The molecule has 0 aliphatic rings.